The van der Waals surface area contributed by atoms with Gasteiger partial charge in [0.25, 0.3) is 0 Å². The van der Waals surface area contributed by atoms with E-state index < -0.39 is 0 Å². The fraction of sp³-hybridized carbons (Fsp3) is 0.467. The molecule has 0 fully saturated rings. The van der Waals surface area contributed by atoms with E-state index in [0.717, 1.165) is 19.4 Å². The second-order valence-corrected chi connectivity index (χ2v) is 5.02. The van der Waals surface area contributed by atoms with Crippen LogP contribution in [-0.2, 0) is 12.8 Å². The van der Waals surface area contributed by atoms with E-state index in [1.807, 2.05) is 0 Å². The molecule has 1 aromatic carbocycles. The summed E-state index contributed by atoms with van der Waals surface area (Å²) in [5, 5.41) is 3.48. The summed E-state index contributed by atoms with van der Waals surface area (Å²) in [6.07, 6.45) is 4.62. The molecule has 0 unspecified atom stereocenters. The van der Waals surface area contributed by atoms with Gasteiger partial charge in [-0.05, 0) is 43.0 Å². The van der Waals surface area contributed by atoms with Crippen molar-refractivity contribution in [2.75, 3.05) is 6.54 Å². The lowest BCUT2D eigenvalue weighted by molar-refractivity contribution is 0.590. The van der Waals surface area contributed by atoms with Gasteiger partial charge in [0.1, 0.15) is 0 Å². The molecular formula is C15H21N. The average Bonchev–Trinajstić information content (AvgIpc) is 2.58. The van der Waals surface area contributed by atoms with Gasteiger partial charge in [0, 0.05) is 6.04 Å². The average molecular weight is 215 g/mol. The molecule has 16 heavy (non-hydrogen) atoms. The third-order valence-corrected chi connectivity index (χ3v) is 3.09. The van der Waals surface area contributed by atoms with Crippen LogP contribution in [0.2, 0.25) is 0 Å². The highest BCUT2D eigenvalue weighted by molar-refractivity contribution is 5.66. The predicted molar refractivity (Wildman–Crippen MR) is 70.6 cm³/mol. The van der Waals surface area contributed by atoms with Gasteiger partial charge in [-0.3, -0.25) is 0 Å². The minimum Gasteiger partial charge on any atom is -0.314 e. The summed E-state index contributed by atoms with van der Waals surface area (Å²) in [7, 11) is 0. The van der Waals surface area contributed by atoms with Crippen molar-refractivity contribution in [1.82, 2.24) is 5.32 Å². The first-order chi connectivity index (χ1) is 7.66. The molecule has 2 rings (SSSR count). The molecule has 0 spiro atoms. The largest absolute Gasteiger partial charge is 0.314 e. The number of allylic oxidation sites excluding steroid dienone is 1. The molecule has 1 heteroatoms. The van der Waals surface area contributed by atoms with Gasteiger partial charge in [-0.15, -0.1) is 0 Å². The predicted octanol–water partition coefficient (Wildman–Crippen LogP) is 3.19. The smallest absolute Gasteiger partial charge is 0.00105 e. The van der Waals surface area contributed by atoms with E-state index >= 15 is 0 Å². The van der Waals surface area contributed by atoms with Crippen molar-refractivity contribution in [3.63, 3.8) is 0 Å². The van der Waals surface area contributed by atoms with Crippen LogP contribution in [0.4, 0.5) is 0 Å². The van der Waals surface area contributed by atoms with Gasteiger partial charge in [-0.25, -0.2) is 0 Å². The first kappa shape index (κ1) is 11.4. The molecule has 1 aromatic rings. The fourth-order valence-corrected chi connectivity index (χ4v) is 2.32. The zero-order chi connectivity index (χ0) is 11.5. The summed E-state index contributed by atoms with van der Waals surface area (Å²) >= 11 is 0. The first-order valence-electron chi connectivity index (χ1n) is 6.18. The SMILES string of the molecule is CC1=Cc2c(CCNC(C)C)cccc2C1. The van der Waals surface area contributed by atoms with Crippen molar-refractivity contribution >= 4 is 6.08 Å². The number of benzene rings is 1. The van der Waals surface area contributed by atoms with E-state index in [1.54, 1.807) is 0 Å². The van der Waals surface area contributed by atoms with E-state index in [1.165, 1.54) is 22.3 Å². The van der Waals surface area contributed by atoms with E-state index in [-0.39, 0.29) is 0 Å². The lowest BCUT2D eigenvalue weighted by Gasteiger charge is -2.10. The van der Waals surface area contributed by atoms with E-state index in [9.17, 15) is 0 Å². The van der Waals surface area contributed by atoms with Crippen LogP contribution in [-0.4, -0.2) is 12.6 Å². The Morgan fingerprint density at radius 1 is 1.31 bits per heavy atom. The van der Waals surface area contributed by atoms with Gasteiger partial charge in [-0.1, -0.05) is 43.7 Å². The molecule has 0 saturated carbocycles. The van der Waals surface area contributed by atoms with Crippen molar-refractivity contribution in [2.45, 2.75) is 39.7 Å². The Balaban J connectivity index is 2.08. The highest BCUT2D eigenvalue weighted by Crippen LogP contribution is 2.27. The Labute approximate surface area is 98.6 Å². The van der Waals surface area contributed by atoms with E-state index in [4.69, 9.17) is 0 Å². The summed E-state index contributed by atoms with van der Waals surface area (Å²) in [4.78, 5) is 0. The lowest BCUT2D eigenvalue weighted by atomic mass is 10.0. The molecule has 0 bridgehead atoms. The van der Waals surface area contributed by atoms with Crippen LogP contribution in [0.1, 0.15) is 37.5 Å². The molecule has 0 heterocycles. The maximum atomic E-state index is 3.48. The Morgan fingerprint density at radius 3 is 2.88 bits per heavy atom. The van der Waals surface area contributed by atoms with Gasteiger partial charge in [0.2, 0.25) is 0 Å². The van der Waals surface area contributed by atoms with Crippen molar-refractivity contribution < 1.29 is 0 Å². The van der Waals surface area contributed by atoms with Crippen LogP contribution in [0.3, 0.4) is 0 Å². The topological polar surface area (TPSA) is 12.0 Å². The third kappa shape index (κ3) is 2.53. The van der Waals surface area contributed by atoms with Gasteiger partial charge in [-0.2, -0.15) is 0 Å². The Hall–Kier alpha value is -1.08. The molecule has 0 atom stereocenters. The second kappa shape index (κ2) is 4.84. The van der Waals surface area contributed by atoms with Gasteiger partial charge in [0.15, 0.2) is 0 Å². The molecule has 0 amide bonds. The van der Waals surface area contributed by atoms with E-state index in [2.05, 4.69) is 50.4 Å². The number of rotatable bonds is 4. The van der Waals surface area contributed by atoms with Crippen LogP contribution in [0.5, 0.6) is 0 Å². The monoisotopic (exact) mass is 215 g/mol. The molecule has 0 aliphatic heterocycles. The van der Waals surface area contributed by atoms with Crippen molar-refractivity contribution in [3.05, 3.63) is 40.5 Å². The molecule has 1 aliphatic carbocycles. The van der Waals surface area contributed by atoms with E-state index in [0.29, 0.717) is 6.04 Å². The van der Waals surface area contributed by atoms with Crippen LogP contribution in [0.15, 0.2) is 23.8 Å². The molecule has 0 radical (unpaired) electrons. The van der Waals surface area contributed by atoms with Crippen molar-refractivity contribution in [3.8, 4) is 0 Å². The van der Waals surface area contributed by atoms with Crippen LogP contribution < -0.4 is 5.32 Å². The van der Waals surface area contributed by atoms with Crippen molar-refractivity contribution in [2.24, 2.45) is 0 Å². The summed E-state index contributed by atoms with van der Waals surface area (Å²) in [5.74, 6) is 0. The number of hydrogen-bond donors (Lipinski definition) is 1. The van der Waals surface area contributed by atoms with Crippen LogP contribution in [0, 0.1) is 0 Å². The zero-order valence-corrected chi connectivity index (χ0v) is 10.5. The van der Waals surface area contributed by atoms with Gasteiger partial charge < -0.3 is 5.32 Å². The van der Waals surface area contributed by atoms with Crippen LogP contribution in [0.25, 0.3) is 6.08 Å². The molecule has 0 saturated heterocycles. The maximum absolute atomic E-state index is 3.48. The molecule has 1 N–H and O–H groups in total. The first-order valence-corrected chi connectivity index (χ1v) is 6.18. The Morgan fingerprint density at radius 2 is 2.12 bits per heavy atom. The standard InChI is InChI=1S/C15H21N/c1-11(2)16-8-7-13-5-4-6-14-9-12(3)10-15(13)14/h4-6,10-11,16H,7-9H2,1-3H3. The number of hydrogen-bond acceptors (Lipinski definition) is 1. The highest BCUT2D eigenvalue weighted by atomic mass is 14.9. The maximum Gasteiger partial charge on any atom is 0.00105 e. The van der Waals surface area contributed by atoms with Gasteiger partial charge >= 0.3 is 0 Å². The quantitative estimate of drug-likeness (QED) is 0.813. The summed E-state index contributed by atoms with van der Waals surface area (Å²) in [6.45, 7) is 7.68. The summed E-state index contributed by atoms with van der Waals surface area (Å²) in [5.41, 5.74) is 5.95. The minimum absolute atomic E-state index is 0.578. The Bertz CT molecular complexity index is 402. The number of nitrogens with one attached hydrogen (secondary N) is 1. The summed E-state index contributed by atoms with van der Waals surface area (Å²) in [6, 6.07) is 7.28. The summed E-state index contributed by atoms with van der Waals surface area (Å²) < 4.78 is 0. The second-order valence-electron chi connectivity index (χ2n) is 5.02. The number of fused-ring (bicyclic) bond motifs is 1. The third-order valence-electron chi connectivity index (χ3n) is 3.09. The van der Waals surface area contributed by atoms with Crippen LogP contribution >= 0.6 is 0 Å². The van der Waals surface area contributed by atoms with Gasteiger partial charge in [0.05, 0.1) is 0 Å². The fourth-order valence-electron chi connectivity index (χ4n) is 2.32. The molecule has 1 aliphatic rings. The normalized spacial score (nSPS) is 14.1. The molecule has 86 valence electrons. The zero-order valence-electron chi connectivity index (χ0n) is 10.5. The molecular weight excluding hydrogens is 194 g/mol. The highest BCUT2D eigenvalue weighted by Gasteiger charge is 2.12. The molecule has 0 aromatic heterocycles. The lowest BCUT2D eigenvalue weighted by Crippen LogP contribution is -2.25. The molecule has 1 nitrogen and oxygen atoms in total. The Kier molecular flexibility index (Phi) is 3.45. The van der Waals surface area contributed by atoms with Crippen molar-refractivity contribution in [1.29, 1.82) is 0 Å². The minimum atomic E-state index is 0.578.